The van der Waals surface area contributed by atoms with Gasteiger partial charge in [-0.1, -0.05) is 56.6 Å². The Bertz CT molecular complexity index is 1160. The standard InChI is InChI=1S/C25H26ClF3N4O2/c1-24(2,3)22-31-20(15-7-9-18(26)10-8-15)21(16-5-4-6-17(13-16)25(27,28)29)33(22)23(35)32-12-11-30-19(34)14-32/h4-10,13,20-21H,11-12,14H2,1-3H3,(H,30,34). The second-order valence-corrected chi connectivity index (χ2v) is 10.1. The van der Waals surface area contributed by atoms with Gasteiger partial charge in [0.25, 0.3) is 0 Å². The molecule has 2 atom stereocenters. The molecule has 6 nitrogen and oxygen atoms in total. The predicted octanol–water partition coefficient (Wildman–Crippen LogP) is 5.45. The Balaban J connectivity index is 1.87. The Kier molecular flexibility index (Phi) is 6.57. The van der Waals surface area contributed by atoms with Gasteiger partial charge in [-0.3, -0.25) is 14.7 Å². The van der Waals surface area contributed by atoms with E-state index in [4.69, 9.17) is 16.6 Å². The molecule has 0 spiro atoms. The zero-order chi connectivity index (χ0) is 25.5. The van der Waals surface area contributed by atoms with E-state index in [0.29, 0.717) is 35.1 Å². The highest BCUT2D eigenvalue weighted by molar-refractivity contribution is 6.30. The fourth-order valence-electron chi connectivity index (χ4n) is 4.40. The van der Waals surface area contributed by atoms with Crippen LogP contribution in [0.3, 0.4) is 0 Å². The number of piperazine rings is 1. The first-order valence-electron chi connectivity index (χ1n) is 11.2. The summed E-state index contributed by atoms with van der Waals surface area (Å²) in [4.78, 5) is 33.6. The van der Waals surface area contributed by atoms with Crippen molar-refractivity contribution in [3.8, 4) is 0 Å². The van der Waals surface area contributed by atoms with Gasteiger partial charge < -0.3 is 10.2 Å². The van der Waals surface area contributed by atoms with Crippen LogP contribution in [0.25, 0.3) is 0 Å². The quantitative estimate of drug-likeness (QED) is 0.588. The molecule has 186 valence electrons. The van der Waals surface area contributed by atoms with E-state index in [0.717, 1.165) is 12.1 Å². The van der Waals surface area contributed by atoms with Crippen LogP contribution < -0.4 is 5.32 Å². The first-order chi connectivity index (χ1) is 16.4. The second-order valence-electron chi connectivity index (χ2n) is 9.69. The summed E-state index contributed by atoms with van der Waals surface area (Å²) in [5.74, 6) is 0.152. The minimum atomic E-state index is -4.54. The van der Waals surface area contributed by atoms with Gasteiger partial charge in [0.1, 0.15) is 18.4 Å². The van der Waals surface area contributed by atoms with E-state index < -0.39 is 35.3 Å². The average Bonchev–Trinajstić information content (AvgIpc) is 3.20. The van der Waals surface area contributed by atoms with Crippen LogP contribution in [0.4, 0.5) is 18.0 Å². The highest BCUT2D eigenvalue weighted by Crippen LogP contribution is 2.47. The zero-order valence-electron chi connectivity index (χ0n) is 19.6. The van der Waals surface area contributed by atoms with Crippen molar-refractivity contribution >= 4 is 29.4 Å². The maximum Gasteiger partial charge on any atom is 0.416 e. The number of urea groups is 1. The number of benzene rings is 2. The van der Waals surface area contributed by atoms with Crippen molar-refractivity contribution in [2.24, 2.45) is 10.4 Å². The third-order valence-corrected chi connectivity index (χ3v) is 6.27. The highest BCUT2D eigenvalue weighted by Gasteiger charge is 2.47. The molecule has 0 bridgehead atoms. The molecule has 0 aromatic heterocycles. The molecule has 2 aromatic rings. The number of hydrogen-bond donors (Lipinski definition) is 1. The molecule has 2 aliphatic rings. The number of nitrogens with one attached hydrogen (secondary N) is 1. The van der Waals surface area contributed by atoms with E-state index in [2.05, 4.69) is 5.32 Å². The van der Waals surface area contributed by atoms with Crippen molar-refractivity contribution in [3.63, 3.8) is 0 Å². The van der Waals surface area contributed by atoms with Gasteiger partial charge in [0.2, 0.25) is 5.91 Å². The molecule has 0 aliphatic carbocycles. The smallest absolute Gasteiger partial charge is 0.353 e. The Morgan fingerprint density at radius 1 is 1.09 bits per heavy atom. The lowest BCUT2D eigenvalue weighted by molar-refractivity contribution is -0.137. The Morgan fingerprint density at radius 3 is 2.37 bits per heavy atom. The summed E-state index contributed by atoms with van der Waals surface area (Å²) < 4.78 is 40.8. The number of amidine groups is 1. The van der Waals surface area contributed by atoms with Crippen LogP contribution in [-0.4, -0.2) is 47.2 Å². The molecule has 2 aromatic carbocycles. The van der Waals surface area contributed by atoms with Crippen LogP contribution in [-0.2, 0) is 11.0 Å². The Morgan fingerprint density at radius 2 is 1.77 bits per heavy atom. The largest absolute Gasteiger partial charge is 0.416 e. The summed E-state index contributed by atoms with van der Waals surface area (Å²) in [6.45, 7) is 6.13. The molecule has 0 saturated carbocycles. The molecule has 1 saturated heterocycles. The first kappa shape index (κ1) is 25.0. The van der Waals surface area contributed by atoms with Crippen LogP contribution in [0.1, 0.15) is 49.5 Å². The maximum atomic E-state index is 13.8. The van der Waals surface area contributed by atoms with Gasteiger partial charge >= 0.3 is 12.2 Å². The van der Waals surface area contributed by atoms with Crippen molar-refractivity contribution < 1.29 is 22.8 Å². The Labute approximate surface area is 206 Å². The van der Waals surface area contributed by atoms with Crippen LogP contribution in [0.15, 0.2) is 53.5 Å². The second kappa shape index (κ2) is 9.18. The Hall–Kier alpha value is -3.07. The molecule has 0 radical (unpaired) electrons. The lowest BCUT2D eigenvalue weighted by Gasteiger charge is -2.38. The van der Waals surface area contributed by atoms with Crippen molar-refractivity contribution in [1.82, 2.24) is 15.1 Å². The van der Waals surface area contributed by atoms with E-state index in [1.54, 1.807) is 30.3 Å². The predicted molar refractivity (Wildman–Crippen MR) is 127 cm³/mol. The van der Waals surface area contributed by atoms with Crippen LogP contribution in [0.2, 0.25) is 5.02 Å². The summed E-state index contributed by atoms with van der Waals surface area (Å²) in [7, 11) is 0. The van der Waals surface area contributed by atoms with Crippen LogP contribution in [0.5, 0.6) is 0 Å². The number of carbonyl (C=O) groups is 2. The van der Waals surface area contributed by atoms with Gasteiger partial charge in [-0.25, -0.2) is 4.79 Å². The van der Waals surface area contributed by atoms with Gasteiger partial charge in [-0.05, 0) is 35.4 Å². The topological polar surface area (TPSA) is 65.0 Å². The zero-order valence-corrected chi connectivity index (χ0v) is 20.3. The molecule has 4 rings (SSSR count). The van der Waals surface area contributed by atoms with E-state index in [1.165, 1.54) is 15.9 Å². The molecule has 3 amide bonds. The van der Waals surface area contributed by atoms with Crippen molar-refractivity contribution in [3.05, 3.63) is 70.2 Å². The number of aliphatic imine (C=N–C) groups is 1. The third-order valence-electron chi connectivity index (χ3n) is 6.02. The molecule has 10 heteroatoms. The maximum absolute atomic E-state index is 13.8. The summed E-state index contributed by atoms with van der Waals surface area (Å²) in [5.41, 5.74) is -0.393. The molecular weight excluding hydrogens is 481 g/mol. The SMILES string of the molecule is CC(C)(C)C1=NC(c2ccc(Cl)cc2)C(c2cccc(C(F)(F)F)c2)N1C(=O)N1CCNC(=O)C1. The minimum absolute atomic E-state index is 0.131. The van der Waals surface area contributed by atoms with Crippen LogP contribution in [0, 0.1) is 5.41 Å². The summed E-state index contributed by atoms with van der Waals surface area (Å²) in [5, 5.41) is 3.20. The number of halogens is 4. The molecule has 2 aliphatic heterocycles. The normalized spacial score (nSPS) is 21.1. The average molecular weight is 507 g/mol. The van der Waals surface area contributed by atoms with Crippen molar-refractivity contribution in [1.29, 1.82) is 0 Å². The van der Waals surface area contributed by atoms with Gasteiger partial charge in [0.15, 0.2) is 0 Å². The molecule has 2 heterocycles. The van der Waals surface area contributed by atoms with Crippen LogP contribution >= 0.6 is 11.6 Å². The molecule has 1 N–H and O–H groups in total. The van der Waals surface area contributed by atoms with E-state index >= 15 is 0 Å². The lowest BCUT2D eigenvalue weighted by atomic mass is 9.91. The summed E-state index contributed by atoms with van der Waals surface area (Å²) in [6, 6.07) is 9.92. The number of alkyl halides is 3. The highest BCUT2D eigenvalue weighted by atomic mass is 35.5. The molecule has 2 unspecified atom stereocenters. The number of nitrogens with zero attached hydrogens (tertiary/aromatic N) is 3. The van der Waals surface area contributed by atoms with Crippen molar-refractivity contribution in [2.75, 3.05) is 19.6 Å². The first-order valence-corrected chi connectivity index (χ1v) is 11.6. The van der Waals surface area contributed by atoms with E-state index in [1.807, 2.05) is 20.8 Å². The van der Waals surface area contributed by atoms with E-state index in [-0.39, 0.29) is 12.5 Å². The van der Waals surface area contributed by atoms with E-state index in [9.17, 15) is 22.8 Å². The molecular formula is C25H26ClF3N4O2. The number of amides is 3. The number of carbonyl (C=O) groups excluding carboxylic acids is 2. The summed E-state index contributed by atoms with van der Waals surface area (Å²) in [6.07, 6.45) is -4.54. The van der Waals surface area contributed by atoms with Gasteiger partial charge in [0, 0.05) is 23.5 Å². The minimum Gasteiger partial charge on any atom is -0.353 e. The third kappa shape index (κ3) is 5.15. The molecule has 35 heavy (non-hydrogen) atoms. The number of hydrogen-bond acceptors (Lipinski definition) is 3. The fourth-order valence-corrected chi connectivity index (χ4v) is 4.53. The number of rotatable bonds is 2. The summed E-state index contributed by atoms with van der Waals surface area (Å²) >= 11 is 6.07. The van der Waals surface area contributed by atoms with Gasteiger partial charge in [0.05, 0.1) is 11.6 Å². The monoisotopic (exact) mass is 506 g/mol. The lowest BCUT2D eigenvalue weighted by Crippen LogP contribution is -2.56. The van der Waals surface area contributed by atoms with Gasteiger partial charge in [-0.2, -0.15) is 13.2 Å². The molecule has 1 fully saturated rings. The van der Waals surface area contributed by atoms with Crippen molar-refractivity contribution in [2.45, 2.75) is 39.0 Å². The van der Waals surface area contributed by atoms with Gasteiger partial charge in [-0.15, -0.1) is 0 Å². The fraction of sp³-hybridized carbons (Fsp3) is 0.400.